The van der Waals surface area contributed by atoms with Gasteiger partial charge in [-0.2, -0.15) is 0 Å². The van der Waals surface area contributed by atoms with Gasteiger partial charge in [-0.3, -0.25) is 4.57 Å². The number of aromatic nitrogens is 5. The van der Waals surface area contributed by atoms with Gasteiger partial charge in [-0.1, -0.05) is 71.0 Å². The summed E-state index contributed by atoms with van der Waals surface area (Å²) >= 11 is 0. The average Bonchev–Trinajstić information content (AvgIpc) is 3.85. The molecule has 8 rings (SSSR count). The lowest BCUT2D eigenvalue weighted by molar-refractivity contribution is 0.393. The second kappa shape index (κ2) is 13.5. The van der Waals surface area contributed by atoms with Crippen molar-refractivity contribution in [2.24, 2.45) is 0 Å². The van der Waals surface area contributed by atoms with Crippen molar-refractivity contribution in [2.45, 2.75) is 47.7 Å². The van der Waals surface area contributed by atoms with E-state index in [1.165, 1.54) is 5.56 Å². The van der Waals surface area contributed by atoms with Crippen LogP contribution in [-0.4, -0.2) is 31.5 Å². The number of fused-ring (bicyclic) bond motifs is 2. The van der Waals surface area contributed by atoms with Gasteiger partial charge in [0.2, 0.25) is 0 Å². The number of imidazole rings is 1. The molecule has 258 valence electrons. The van der Waals surface area contributed by atoms with Crippen LogP contribution >= 0.6 is 0 Å². The van der Waals surface area contributed by atoms with Crippen LogP contribution in [0.1, 0.15) is 39.9 Å². The predicted octanol–water partition coefficient (Wildman–Crippen LogP) is 8.17. The number of anilines is 1. The Labute approximate surface area is 293 Å². The van der Waals surface area contributed by atoms with E-state index in [1.54, 1.807) is 17.7 Å². The molecule has 0 bridgehead atoms. The van der Waals surface area contributed by atoms with Crippen LogP contribution in [0.2, 0.25) is 0 Å². The summed E-state index contributed by atoms with van der Waals surface area (Å²) in [7, 11) is 1.68. The smallest absolute Gasteiger partial charge is 0.420 e. The van der Waals surface area contributed by atoms with Crippen LogP contribution in [0.15, 0.2) is 103 Å². The molecule has 0 aliphatic carbocycles. The van der Waals surface area contributed by atoms with Gasteiger partial charge in [-0.05, 0) is 81.1 Å². The van der Waals surface area contributed by atoms with Crippen molar-refractivity contribution in [2.75, 3.05) is 12.8 Å². The fourth-order valence-electron chi connectivity index (χ4n) is 6.61. The zero-order chi connectivity index (χ0) is 35.8. The number of aryl methyl sites for hydroxylation is 5. The van der Waals surface area contributed by atoms with E-state index in [1.807, 2.05) is 83.1 Å². The molecule has 0 spiro atoms. The normalized spacial score (nSPS) is 11.3. The number of oxazole rings is 1. The Morgan fingerprint density at radius 3 is 1.76 bits per heavy atom. The Kier molecular flexibility index (Phi) is 8.78. The highest BCUT2D eigenvalue weighted by Crippen LogP contribution is 2.36. The van der Waals surface area contributed by atoms with E-state index in [9.17, 15) is 4.79 Å². The molecule has 4 aromatic heterocycles. The lowest BCUT2D eigenvalue weighted by Gasteiger charge is -2.10. The first-order chi connectivity index (χ1) is 24.6. The Morgan fingerprint density at radius 1 is 0.706 bits per heavy atom. The van der Waals surface area contributed by atoms with Crippen LogP contribution in [0.4, 0.5) is 5.69 Å². The third-order valence-electron chi connectivity index (χ3n) is 9.04. The molecule has 0 aliphatic rings. The molecule has 0 fully saturated rings. The number of ether oxygens (including phenoxy) is 1. The summed E-state index contributed by atoms with van der Waals surface area (Å²) in [5.41, 5.74) is 17.2. The standard InChI is InChI=1S/C21H21N3O2.C19H17N3O3/c1-13-20(14(2)26-23-13)17-10-18-21(19(11-17)25-4)22-15(3)24(18)12-16-8-6-5-7-9-16;1-11-17(12(2)25-21-11)14-8-15(20)18-16(9-14)22(19(23)24-18)10-13-6-4-3-5-7-13/h5-11H,12H2,1-4H3;3-9H,10,20H2,1-2H3. The van der Waals surface area contributed by atoms with Gasteiger partial charge in [0.05, 0.1) is 41.8 Å². The molecule has 0 aliphatic heterocycles. The number of rotatable bonds is 7. The van der Waals surface area contributed by atoms with E-state index in [0.717, 1.165) is 74.1 Å². The molecule has 0 unspecified atom stereocenters. The highest BCUT2D eigenvalue weighted by Gasteiger charge is 2.20. The molecule has 51 heavy (non-hydrogen) atoms. The van der Waals surface area contributed by atoms with Crippen molar-refractivity contribution in [1.82, 2.24) is 24.4 Å². The number of nitrogens with two attached hydrogens (primary N) is 1. The number of nitrogens with zero attached hydrogens (tertiary/aromatic N) is 5. The van der Waals surface area contributed by atoms with E-state index >= 15 is 0 Å². The Morgan fingerprint density at radius 2 is 1.24 bits per heavy atom. The molecule has 11 nitrogen and oxygen atoms in total. The summed E-state index contributed by atoms with van der Waals surface area (Å²) in [6.45, 7) is 10.8. The van der Waals surface area contributed by atoms with E-state index in [4.69, 9.17) is 28.9 Å². The van der Waals surface area contributed by atoms with Crippen molar-refractivity contribution in [3.05, 3.63) is 135 Å². The van der Waals surface area contributed by atoms with Crippen LogP contribution in [-0.2, 0) is 13.1 Å². The minimum absolute atomic E-state index is 0.399. The van der Waals surface area contributed by atoms with E-state index < -0.39 is 5.76 Å². The topological polar surface area (TPSA) is 140 Å². The van der Waals surface area contributed by atoms with Gasteiger partial charge in [0.1, 0.15) is 28.6 Å². The molecule has 4 heterocycles. The Hall–Kier alpha value is -6.36. The lowest BCUT2D eigenvalue weighted by Crippen LogP contribution is -2.14. The second-order valence-corrected chi connectivity index (χ2v) is 12.5. The fraction of sp³-hybridized carbons (Fsp3) is 0.200. The van der Waals surface area contributed by atoms with Crippen molar-refractivity contribution in [3.63, 3.8) is 0 Å². The summed E-state index contributed by atoms with van der Waals surface area (Å²) in [4.78, 5) is 17.1. The zero-order valence-electron chi connectivity index (χ0n) is 29.4. The highest BCUT2D eigenvalue weighted by molar-refractivity contribution is 5.91. The van der Waals surface area contributed by atoms with Crippen LogP contribution in [0, 0.1) is 34.6 Å². The van der Waals surface area contributed by atoms with Crippen LogP contribution in [0.3, 0.4) is 0 Å². The molecule has 4 aromatic carbocycles. The Balaban J connectivity index is 0.000000159. The van der Waals surface area contributed by atoms with Gasteiger partial charge in [-0.25, -0.2) is 9.78 Å². The maximum absolute atomic E-state index is 12.3. The number of hydrogen-bond acceptors (Lipinski definition) is 9. The monoisotopic (exact) mass is 682 g/mol. The number of methoxy groups -OCH3 is 1. The third-order valence-corrected chi connectivity index (χ3v) is 9.04. The van der Waals surface area contributed by atoms with E-state index in [2.05, 4.69) is 45.2 Å². The average molecular weight is 683 g/mol. The van der Waals surface area contributed by atoms with Crippen LogP contribution in [0.5, 0.6) is 5.75 Å². The minimum atomic E-state index is -0.429. The minimum Gasteiger partial charge on any atom is -0.494 e. The summed E-state index contributed by atoms with van der Waals surface area (Å²) in [6.07, 6.45) is 0. The van der Waals surface area contributed by atoms with Gasteiger partial charge >= 0.3 is 5.76 Å². The summed E-state index contributed by atoms with van der Waals surface area (Å²) in [5.74, 6) is 2.79. The molecule has 0 amide bonds. The van der Waals surface area contributed by atoms with Crippen molar-refractivity contribution in [3.8, 4) is 28.0 Å². The van der Waals surface area contributed by atoms with Gasteiger partial charge in [0.25, 0.3) is 0 Å². The summed E-state index contributed by atoms with van der Waals surface area (Å²) in [5, 5.41) is 8.08. The number of nitrogen functional groups attached to an aromatic ring is 1. The summed E-state index contributed by atoms with van der Waals surface area (Å²) < 4.78 is 25.4. The SMILES string of the molecule is COc1cc(-c2c(C)noc2C)cc2c1nc(C)n2Cc1ccccc1.Cc1noc(C)c1-c1cc(N)c2oc(=O)n(Cc3ccccc3)c2c1. The molecule has 0 atom stereocenters. The molecule has 0 saturated heterocycles. The lowest BCUT2D eigenvalue weighted by atomic mass is 10.0. The fourth-order valence-corrected chi connectivity index (χ4v) is 6.61. The summed E-state index contributed by atoms with van der Waals surface area (Å²) in [6, 6.07) is 28.0. The maximum Gasteiger partial charge on any atom is 0.420 e. The van der Waals surface area contributed by atoms with Crippen LogP contribution in [0.25, 0.3) is 44.4 Å². The van der Waals surface area contributed by atoms with Crippen molar-refractivity contribution < 1.29 is 18.2 Å². The third kappa shape index (κ3) is 6.29. The maximum atomic E-state index is 12.3. The highest BCUT2D eigenvalue weighted by atomic mass is 16.5. The first kappa shape index (κ1) is 33.2. The quantitative estimate of drug-likeness (QED) is 0.165. The largest absolute Gasteiger partial charge is 0.494 e. The molecular formula is C40H38N6O5. The van der Waals surface area contributed by atoms with E-state index in [0.29, 0.717) is 29.1 Å². The number of benzene rings is 4. The zero-order valence-corrected chi connectivity index (χ0v) is 29.4. The van der Waals surface area contributed by atoms with Gasteiger partial charge in [-0.15, -0.1) is 0 Å². The molecular weight excluding hydrogens is 644 g/mol. The predicted molar refractivity (Wildman–Crippen MR) is 197 cm³/mol. The molecule has 2 N–H and O–H groups in total. The van der Waals surface area contributed by atoms with Gasteiger partial charge in [0, 0.05) is 17.7 Å². The van der Waals surface area contributed by atoms with Crippen LogP contribution < -0.4 is 16.2 Å². The van der Waals surface area contributed by atoms with Gasteiger partial charge in [0.15, 0.2) is 5.58 Å². The molecule has 0 radical (unpaired) electrons. The van der Waals surface area contributed by atoms with Crippen molar-refractivity contribution in [1.29, 1.82) is 0 Å². The second-order valence-electron chi connectivity index (χ2n) is 12.5. The first-order valence-electron chi connectivity index (χ1n) is 16.5. The number of hydrogen-bond donors (Lipinski definition) is 1. The molecule has 0 saturated carbocycles. The molecule has 8 aromatic rings. The first-order valence-corrected chi connectivity index (χ1v) is 16.5. The van der Waals surface area contributed by atoms with E-state index in [-0.39, 0.29) is 0 Å². The Bertz CT molecular complexity index is 2520. The molecule has 11 heteroatoms. The van der Waals surface area contributed by atoms with Crippen molar-refractivity contribution >= 4 is 27.8 Å². The van der Waals surface area contributed by atoms with Gasteiger partial charge < -0.3 is 28.5 Å².